The molecular formula is C28H30FN3O6. The van der Waals surface area contributed by atoms with Gasteiger partial charge in [-0.2, -0.15) is 0 Å². The number of carbonyl (C=O) groups is 3. The number of para-hydroxylation sites is 1. The first kappa shape index (κ1) is 28.0. The molecule has 0 spiro atoms. The number of carbonyl (C=O) groups excluding carboxylic acids is 2. The summed E-state index contributed by atoms with van der Waals surface area (Å²) in [6.45, 7) is 3.90. The summed E-state index contributed by atoms with van der Waals surface area (Å²) in [5, 5.41) is 14.1. The number of aromatic carboxylic acids is 1. The molecule has 0 aliphatic carbocycles. The summed E-state index contributed by atoms with van der Waals surface area (Å²) in [6.07, 6.45) is 0.0747. The molecule has 3 N–H and O–H groups in total. The lowest BCUT2D eigenvalue weighted by Gasteiger charge is -2.35. The molecule has 0 atom stereocenters. The van der Waals surface area contributed by atoms with Crippen molar-refractivity contribution in [1.82, 2.24) is 4.90 Å². The molecule has 0 radical (unpaired) electrons. The van der Waals surface area contributed by atoms with E-state index in [2.05, 4.69) is 10.6 Å². The van der Waals surface area contributed by atoms with E-state index < -0.39 is 23.4 Å². The zero-order chi connectivity index (χ0) is 27.9. The van der Waals surface area contributed by atoms with Crippen LogP contribution in [0, 0.1) is 5.82 Å². The number of rotatable bonds is 10. The molecule has 3 aromatic carbocycles. The molecule has 0 aromatic heterocycles. The highest BCUT2D eigenvalue weighted by Crippen LogP contribution is 2.27. The molecule has 0 fully saturated rings. The Kier molecular flexibility index (Phi) is 8.90. The normalized spacial score (nSPS) is 10.9. The van der Waals surface area contributed by atoms with Crippen LogP contribution in [0.5, 0.6) is 11.5 Å². The Hall–Kier alpha value is -4.60. The van der Waals surface area contributed by atoms with Crippen molar-refractivity contribution in [2.75, 3.05) is 31.4 Å². The lowest BCUT2D eigenvalue weighted by molar-refractivity contribution is -0.134. The Labute approximate surface area is 220 Å². The number of likely N-dealkylation sites (N-methyl/N-ethyl adjacent to an activating group) is 1. The van der Waals surface area contributed by atoms with Gasteiger partial charge in [0.15, 0.2) is 0 Å². The largest absolute Gasteiger partial charge is 0.495 e. The van der Waals surface area contributed by atoms with Crippen molar-refractivity contribution in [3.63, 3.8) is 0 Å². The highest BCUT2D eigenvalue weighted by molar-refractivity contribution is 6.00. The zero-order valence-electron chi connectivity index (χ0n) is 21.6. The van der Waals surface area contributed by atoms with Gasteiger partial charge in [0.05, 0.1) is 36.0 Å². The Morgan fingerprint density at radius 1 is 0.974 bits per heavy atom. The summed E-state index contributed by atoms with van der Waals surface area (Å²) in [5.74, 6) is -0.907. The van der Waals surface area contributed by atoms with Crippen LogP contribution < -0.4 is 20.1 Å². The van der Waals surface area contributed by atoms with E-state index in [1.54, 1.807) is 48.3 Å². The fourth-order valence-corrected chi connectivity index (χ4v) is 3.47. The van der Waals surface area contributed by atoms with E-state index >= 15 is 0 Å². The molecule has 0 saturated heterocycles. The summed E-state index contributed by atoms with van der Waals surface area (Å²) in [5.41, 5.74) is 0.552. The summed E-state index contributed by atoms with van der Waals surface area (Å²) in [4.78, 5) is 38.0. The molecule has 3 rings (SSSR count). The molecule has 200 valence electrons. The van der Waals surface area contributed by atoms with Crippen molar-refractivity contribution in [3.05, 3.63) is 83.7 Å². The van der Waals surface area contributed by atoms with Gasteiger partial charge in [-0.25, -0.2) is 14.0 Å². The van der Waals surface area contributed by atoms with Gasteiger partial charge in [0.2, 0.25) is 5.91 Å². The van der Waals surface area contributed by atoms with Crippen molar-refractivity contribution in [2.45, 2.75) is 25.8 Å². The summed E-state index contributed by atoms with van der Waals surface area (Å²) < 4.78 is 25.0. The van der Waals surface area contributed by atoms with E-state index in [9.17, 15) is 18.8 Å². The first-order valence-corrected chi connectivity index (χ1v) is 11.7. The lowest BCUT2D eigenvalue weighted by atomic mass is 10.0. The third-order valence-electron chi connectivity index (χ3n) is 5.97. The molecule has 0 bridgehead atoms. The van der Waals surface area contributed by atoms with Crippen LogP contribution in [-0.2, 0) is 11.2 Å². The van der Waals surface area contributed by atoms with Crippen LogP contribution in [0.2, 0.25) is 0 Å². The molecule has 0 saturated carbocycles. The second kappa shape index (κ2) is 12.1. The maximum atomic E-state index is 13.8. The molecule has 0 unspecified atom stereocenters. The Bertz CT molecular complexity index is 1310. The third-order valence-corrected chi connectivity index (χ3v) is 5.97. The number of benzene rings is 3. The number of nitrogens with one attached hydrogen (secondary N) is 2. The zero-order valence-corrected chi connectivity index (χ0v) is 21.6. The topological polar surface area (TPSA) is 117 Å². The first-order valence-electron chi connectivity index (χ1n) is 11.7. The average Bonchev–Trinajstić information content (AvgIpc) is 2.89. The molecular weight excluding hydrogens is 493 g/mol. The van der Waals surface area contributed by atoms with E-state index in [4.69, 9.17) is 14.6 Å². The SMILES string of the molecule is COc1cc(CC(=O)N(C)C(C)(C)COc2ccc(C(=O)O)cc2)ccc1NC(=O)Nc1ccccc1F. The molecule has 10 heteroatoms. The van der Waals surface area contributed by atoms with Gasteiger partial charge in [-0.1, -0.05) is 18.2 Å². The molecule has 3 aromatic rings. The molecule has 9 nitrogen and oxygen atoms in total. The van der Waals surface area contributed by atoms with Crippen molar-refractivity contribution < 1.29 is 33.4 Å². The molecule has 0 aliphatic rings. The van der Waals surface area contributed by atoms with Gasteiger partial charge in [-0.15, -0.1) is 0 Å². The number of halogens is 1. The molecule has 38 heavy (non-hydrogen) atoms. The summed E-state index contributed by atoms with van der Waals surface area (Å²) in [7, 11) is 3.12. The smallest absolute Gasteiger partial charge is 0.335 e. The van der Waals surface area contributed by atoms with Crippen molar-refractivity contribution in [1.29, 1.82) is 0 Å². The van der Waals surface area contributed by atoms with Gasteiger partial charge in [0.1, 0.15) is 23.9 Å². The standard InChI is InChI=1S/C28H30FN3O6/c1-28(2,17-38-20-12-10-19(11-13-20)26(34)35)32(3)25(33)16-18-9-14-23(24(15-18)37-4)31-27(36)30-22-8-6-5-7-21(22)29/h5-15H,16-17H2,1-4H3,(H,34,35)(H2,30,31,36). The maximum Gasteiger partial charge on any atom is 0.335 e. The van der Waals surface area contributed by atoms with Crippen LogP contribution in [0.1, 0.15) is 29.8 Å². The van der Waals surface area contributed by atoms with Crippen molar-refractivity contribution in [2.24, 2.45) is 0 Å². The van der Waals surface area contributed by atoms with E-state index in [-0.39, 0.29) is 30.2 Å². The Morgan fingerprint density at radius 2 is 1.63 bits per heavy atom. The van der Waals surface area contributed by atoms with E-state index in [1.807, 2.05) is 13.8 Å². The third kappa shape index (κ3) is 7.22. The lowest BCUT2D eigenvalue weighted by Crippen LogP contribution is -2.49. The number of hydrogen-bond donors (Lipinski definition) is 3. The number of urea groups is 1. The molecule has 3 amide bonds. The molecule has 0 heterocycles. The predicted octanol–water partition coefficient (Wildman–Crippen LogP) is 5.04. The summed E-state index contributed by atoms with van der Waals surface area (Å²) >= 11 is 0. The Balaban J connectivity index is 1.60. The number of hydrogen-bond acceptors (Lipinski definition) is 5. The van der Waals surface area contributed by atoms with Crippen LogP contribution in [0.4, 0.5) is 20.6 Å². The summed E-state index contributed by atoms with van der Waals surface area (Å²) in [6, 6.07) is 16.2. The number of methoxy groups -OCH3 is 1. The minimum atomic E-state index is -1.02. The van der Waals surface area contributed by atoms with E-state index in [0.29, 0.717) is 22.7 Å². The minimum Gasteiger partial charge on any atom is -0.495 e. The monoisotopic (exact) mass is 523 g/mol. The fourth-order valence-electron chi connectivity index (χ4n) is 3.47. The van der Waals surface area contributed by atoms with Crippen LogP contribution in [0.25, 0.3) is 0 Å². The van der Waals surface area contributed by atoms with Crippen LogP contribution in [-0.4, -0.2) is 54.2 Å². The number of ether oxygens (including phenoxy) is 2. The minimum absolute atomic E-state index is 0.0399. The Morgan fingerprint density at radius 3 is 2.26 bits per heavy atom. The first-order chi connectivity index (χ1) is 18.0. The average molecular weight is 524 g/mol. The number of amides is 3. The quantitative estimate of drug-likeness (QED) is 0.343. The maximum absolute atomic E-state index is 13.8. The van der Waals surface area contributed by atoms with Gasteiger partial charge in [-0.05, 0) is 67.9 Å². The second-order valence-electron chi connectivity index (χ2n) is 9.15. The predicted molar refractivity (Wildman–Crippen MR) is 141 cm³/mol. The second-order valence-corrected chi connectivity index (χ2v) is 9.15. The van der Waals surface area contributed by atoms with Crippen LogP contribution >= 0.6 is 0 Å². The number of carboxylic acid groups (broad SMARTS) is 1. The number of anilines is 2. The van der Waals surface area contributed by atoms with Gasteiger partial charge in [0.25, 0.3) is 0 Å². The van der Waals surface area contributed by atoms with Crippen LogP contribution in [0.15, 0.2) is 66.7 Å². The highest BCUT2D eigenvalue weighted by Gasteiger charge is 2.29. The van der Waals surface area contributed by atoms with Gasteiger partial charge in [0, 0.05) is 7.05 Å². The van der Waals surface area contributed by atoms with Gasteiger partial charge in [-0.3, -0.25) is 4.79 Å². The van der Waals surface area contributed by atoms with Gasteiger partial charge < -0.3 is 30.1 Å². The van der Waals surface area contributed by atoms with Gasteiger partial charge >= 0.3 is 12.0 Å². The fraction of sp³-hybridized carbons (Fsp3) is 0.250. The number of carboxylic acids is 1. The number of nitrogens with zero attached hydrogens (tertiary/aromatic N) is 1. The van der Waals surface area contributed by atoms with Crippen molar-refractivity contribution >= 4 is 29.3 Å². The molecule has 0 aliphatic heterocycles. The highest BCUT2D eigenvalue weighted by atomic mass is 19.1. The van der Waals surface area contributed by atoms with Crippen LogP contribution in [0.3, 0.4) is 0 Å². The van der Waals surface area contributed by atoms with E-state index in [0.717, 1.165) is 0 Å². The van der Waals surface area contributed by atoms with E-state index in [1.165, 1.54) is 37.4 Å². The van der Waals surface area contributed by atoms with Crippen molar-refractivity contribution in [3.8, 4) is 11.5 Å².